The number of ether oxygens (including phenoxy) is 2. The van der Waals surface area contributed by atoms with E-state index in [0.717, 1.165) is 0 Å². The van der Waals surface area contributed by atoms with E-state index < -0.39 is 42.1 Å². The summed E-state index contributed by atoms with van der Waals surface area (Å²) in [5.41, 5.74) is 0.984. The van der Waals surface area contributed by atoms with Gasteiger partial charge in [0.25, 0.3) is 5.91 Å². The minimum absolute atomic E-state index is 0.137. The van der Waals surface area contributed by atoms with Gasteiger partial charge in [0.05, 0.1) is 18.0 Å². The molecule has 9 heteroatoms. The van der Waals surface area contributed by atoms with Gasteiger partial charge >= 0.3 is 12.1 Å². The van der Waals surface area contributed by atoms with Crippen LogP contribution in [-0.4, -0.2) is 48.6 Å². The number of alkyl carbamates (subject to hydrolysis) is 1. The molecule has 3 rings (SSSR count). The van der Waals surface area contributed by atoms with Crippen LogP contribution in [0.4, 0.5) is 14.9 Å². The number of rotatable bonds is 5. The van der Waals surface area contributed by atoms with Crippen molar-refractivity contribution < 1.29 is 28.2 Å². The van der Waals surface area contributed by atoms with Gasteiger partial charge in [0.15, 0.2) is 0 Å². The molecule has 0 saturated heterocycles. The maximum atomic E-state index is 14.9. The highest BCUT2D eigenvalue weighted by atomic mass is 19.1. The van der Waals surface area contributed by atoms with Crippen LogP contribution in [0.3, 0.4) is 0 Å². The van der Waals surface area contributed by atoms with Gasteiger partial charge in [-0.25, -0.2) is 14.2 Å². The number of fused-ring (bicyclic) bond motifs is 1. The van der Waals surface area contributed by atoms with Crippen molar-refractivity contribution in [3.8, 4) is 0 Å². The maximum absolute atomic E-state index is 14.9. The number of halogens is 1. The second-order valence-corrected chi connectivity index (χ2v) is 8.71. The molecule has 1 aliphatic rings. The normalized spacial score (nSPS) is 15.7. The summed E-state index contributed by atoms with van der Waals surface area (Å²) in [5, 5.41) is 2.46. The van der Waals surface area contributed by atoms with E-state index in [2.05, 4.69) is 10.3 Å². The van der Waals surface area contributed by atoms with Gasteiger partial charge in [0.2, 0.25) is 6.17 Å². The van der Waals surface area contributed by atoms with Crippen molar-refractivity contribution in [2.24, 2.45) is 4.99 Å². The maximum Gasteiger partial charge on any atom is 0.409 e. The minimum atomic E-state index is -1.47. The highest BCUT2D eigenvalue weighted by Crippen LogP contribution is 2.32. The summed E-state index contributed by atoms with van der Waals surface area (Å²) in [4.78, 5) is 44.2. The molecule has 1 heterocycles. The number of benzene rings is 2. The topological polar surface area (TPSA) is 97.3 Å². The Kier molecular flexibility index (Phi) is 7.34. The average Bonchev–Trinajstić information content (AvgIpc) is 2.84. The number of aliphatic imine (C=N–C) groups is 1. The number of benzodiazepines with no additional fused rings is 1. The zero-order valence-corrected chi connectivity index (χ0v) is 19.8. The first-order valence-electron chi connectivity index (χ1n) is 10.9. The standard InChI is InChI=1S/C25H28FN3O5/c1-6-33-19(30)14-29-21-15(2)10-9-12-17(21)20(16-11-7-8-13-18(16)26)27-22(23(29)31)28-24(32)34-25(3,4)5/h7-13,22H,6,14H2,1-5H3,(H,28,32). The summed E-state index contributed by atoms with van der Waals surface area (Å²) >= 11 is 0. The molecule has 8 nitrogen and oxygen atoms in total. The molecule has 0 aliphatic carbocycles. The van der Waals surface area contributed by atoms with Gasteiger partial charge in [-0.15, -0.1) is 0 Å². The molecule has 1 aliphatic heterocycles. The fraction of sp³-hybridized carbons (Fsp3) is 0.360. The van der Waals surface area contributed by atoms with Crippen LogP contribution in [-0.2, 0) is 19.1 Å². The van der Waals surface area contributed by atoms with Gasteiger partial charge in [-0.1, -0.05) is 30.3 Å². The first-order chi connectivity index (χ1) is 16.0. The van der Waals surface area contributed by atoms with Gasteiger partial charge in [-0.3, -0.25) is 19.8 Å². The first-order valence-corrected chi connectivity index (χ1v) is 10.9. The van der Waals surface area contributed by atoms with Crippen molar-refractivity contribution in [1.82, 2.24) is 5.32 Å². The van der Waals surface area contributed by atoms with E-state index in [1.807, 2.05) is 0 Å². The SMILES string of the molecule is CCOC(=O)CN1C(=O)C(NC(=O)OC(C)(C)C)N=C(c2ccccc2F)c2cccc(C)c21. The van der Waals surface area contributed by atoms with Crippen LogP contribution in [0.2, 0.25) is 0 Å². The number of carbonyl (C=O) groups excluding carboxylic acids is 3. The summed E-state index contributed by atoms with van der Waals surface area (Å²) in [6.07, 6.45) is -2.34. The van der Waals surface area contributed by atoms with Crippen LogP contribution < -0.4 is 10.2 Å². The molecule has 2 aromatic rings. The number of aryl methyl sites for hydroxylation is 1. The second-order valence-electron chi connectivity index (χ2n) is 8.71. The Balaban J connectivity index is 2.19. The lowest BCUT2D eigenvalue weighted by atomic mass is 9.97. The number of carbonyl (C=O) groups is 3. The summed E-state index contributed by atoms with van der Waals surface area (Å²) in [6.45, 7) is 8.21. The Morgan fingerprint density at radius 3 is 2.44 bits per heavy atom. The average molecular weight is 470 g/mol. The number of esters is 1. The van der Waals surface area contributed by atoms with Crippen LogP contribution >= 0.6 is 0 Å². The molecule has 34 heavy (non-hydrogen) atoms. The molecule has 2 aromatic carbocycles. The van der Waals surface area contributed by atoms with E-state index in [1.165, 1.54) is 17.0 Å². The lowest BCUT2D eigenvalue weighted by molar-refractivity contribution is -0.142. The van der Waals surface area contributed by atoms with E-state index in [4.69, 9.17) is 9.47 Å². The lowest BCUT2D eigenvalue weighted by Gasteiger charge is -2.26. The Labute approximate surface area is 197 Å². The van der Waals surface area contributed by atoms with Crippen LogP contribution in [0.25, 0.3) is 0 Å². The Hall–Kier alpha value is -3.75. The van der Waals surface area contributed by atoms with Crippen molar-refractivity contribution in [2.45, 2.75) is 46.4 Å². The van der Waals surface area contributed by atoms with Crippen LogP contribution in [0, 0.1) is 12.7 Å². The zero-order chi connectivity index (χ0) is 25.0. The fourth-order valence-electron chi connectivity index (χ4n) is 3.59. The quantitative estimate of drug-likeness (QED) is 0.673. The number of amides is 2. The summed E-state index contributed by atoms with van der Waals surface area (Å²) in [5.74, 6) is -1.85. The van der Waals surface area contributed by atoms with E-state index in [0.29, 0.717) is 16.8 Å². The number of hydrogen-bond acceptors (Lipinski definition) is 6. The van der Waals surface area contributed by atoms with E-state index in [9.17, 15) is 18.8 Å². The highest BCUT2D eigenvalue weighted by Gasteiger charge is 2.36. The van der Waals surface area contributed by atoms with E-state index in [1.54, 1.807) is 65.0 Å². The monoisotopic (exact) mass is 469 g/mol. The Morgan fingerprint density at radius 2 is 1.79 bits per heavy atom. The fourth-order valence-corrected chi connectivity index (χ4v) is 3.59. The summed E-state index contributed by atoms with van der Waals surface area (Å²) in [6, 6.07) is 11.2. The molecule has 180 valence electrons. The van der Waals surface area contributed by atoms with Gasteiger partial charge < -0.3 is 9.47 Å². The molecule has 0 bridgehead atoms. The molecule has 1 unspecified atom stereocenters. The third-order valence-electron chi connectivity index (χ3n) is 4.90. The number of nitrogens with one attached hydrogen (secondary N) is 1. The molecular weight excluding hydrogens is 441 g/mol. The molecule has 0 spiro atoms. The third kappa shape index (κ3) is 5.59. The predicted octanol–water partition coefficient (Wildman–Crippen LogP) is 3.73. The molecule has 0 radical (unpaired) electrons. The van der Waals surface area contributed by atoms with E-state index in [-0.39, 0.29) is 17.9 Å². The van der Waals surface area contributed by atoms with Crippen LogP contribution in [0.1, 0.15) is 44.4 Å². The number of para-hydroxylation sites is 1. The van der Waals surface area contributed by atoms with E-state index >= 15 is 0 Å². The smallest absolute Gasteiger partial charge is 0.409 e. The lowest BCUT2D eigenvalue weighted by Crippen LogP contribution is -2.50. The first kappa shape index (κ1) is 24.9. The van der Waals surface area contributed by atoms with Gasteiger partial charge in [-0.2, -0.15) is 0 Å². The van der Waals surface area contributed by atoms with Crippen LogP contribution in [0.5, 0.6) is 0 Å². The van der Waals surface area contributed by atoms with Gasteiger partial charge in [0.1, 0.15) is 18.0 Å². The van der Waals surface area contributed by atoms with Crippen molar-refractivity contribution in [3.05, 3.63) is 65.0 Å². The molecule has 0 aromatic heterocycles. The largest absolute Gasteiger partial charge is 0.465 e. The van der Waals surface area contributed by atoms with Crippen molar-refractivity contribution in [3.63, 3.8) is 0 Å². The molecular formula is C25H28FN3O5. The molecule has 2 amide bonds. The Morgan fingerprint density at radius 1 is 1.12 bits per heavy atom. The van der Waals surface area contributed by atoms with Crippen molar-refractivity contribution in [1.29, 1.82) is 0 Å². The minimum Gasteiger partial charge on any atom is -0.465 e. The Bertz CT molecular complexity index is 1140. The third-order valence-corrected chi connectivity index (χ3v) is 4.90. The van der Waals surface area contributed by atoms with Gasteiger partial charge in [-0.05, 0) is 52.3 Å². The summed E-state index contributed by atoms with van der Waals surface area (Å²) < 4.78 is 25.2. The second kappa shape index (κ2) is 10.0. The predicted molar refractivity (Wildman–Crippen MR) is 125 cm³/mol. The molecule has 1 N–H and O–H groups in total. The molecule has 0 saturated carbocycles. The van der Waals surface area contributed by atoms with Crippen molar-refractivity contribution in [2.75, 3.05) is 18.1 Å². The number of hydrogen-bond donors (Lipinski definition) is 1. The zero-order valence-electron chi connectivity index (χ0n) is 19.8. The van der Waals surface area contributed by atoms with Gasteiger partial charge in [0, 0.05) is 11.1 Å². The highest BCUT2D eigenvalue weighted by molar-refractivity contribution is 6.21. The number of nitrogens with zero attached hydrogens (tertiary/aromatic N) is 2. The molecule has 1 atom stereocenters. The summed E-state index contributed by atoms with van der Waals surface area (Å²) in [7, 11) is 0. The van der Waals surface area contributed by atoms with Crippen LogP contribution in [0.15, 0.2) is 47.5 Å². The number of anilines is 1. The molecule has 0 fully saturated rings. The van der Waals surface area contributed by atoms with Crippen molar-refractivity contribution >= 4 is 29.4 Å².